The normalized spacial score (nSPS) is 9.15. The fourth-order valence-corrected chi connectivity index (χ4v) is 0.922. The Morgan fingerprint density at radius 1 is 1.31 bits per heavy atom. The van der Waals surface area contributed by atoms with Gasteiger partial charge in [-0.25, -0.2) is 0 Å². The number of hydrogen-bond acceptors (Lipinski definition) is 1. The van der Waals surface area contributed by atoms with Crippen molar-refractivity contribution in [2.24, 2.45) is 0 Å². The molecule has 0 N–H and O–H groups in total. The average molecular weight is 175 g/mol. The van der Waals surface area contributed by atoms with E-state index in [1.54, 1.807) is 6.20 Å². The van der Waals surface area contributed by atoms with Crippen molar-refractivity contribution >= 4 is 12.2 Å². The molecule has 0 aliphatic rings. The van der Waals surface area contributed by atoms with Crippen LogP contribution in [0.4, 0.5) is 0 Å². The molecule has 1 heterocycles. The van der Waals surface area contributed by atoms with Gasteiger partial charge >= 0.3 is 0 Å². The first-order valence-corrected chi connectivity index (χ1v) is 4.57. The van der Waals surface area contributed by atoms with Gasteiger partial charge in [-0.3, -0.25) is 4.98 Å². The maximum atomic E-state index is 4.01. The van der Waals surface area contributed by atoms with E-state index in [9.17, 15) is 0 Å². The lowest BCUT2D eigenvalue weighted by Gasteiger charge is -1.96. The quantitative estimate of drug-likeness (QED) is 0.666. The van der Waals surface area contributed by atoms with E-state index in [-0.39, 0.29) is 0 Å². The molecule has 0 radical (unpaired) electrons. The van der Waals surface area contributed by atoms with Gasteiger partial charge in [0.1, 0.15) is 0 Å². The Balaban J connectivity index is 0.000000671. The van der Waals surface area contributed by atoms with Gasteiger partial charge in [0, 0.05) is 12.4 Å². The topological polar surface area (TPSA) is 12.9 Å². The molecule has 1 heteroatoms. The minimum atomic E-state index is 1.12. The zero-order valence-electron chi connectivity index (χ0n) is 8.62. The SMILES string of the molecule is C=Cc1ccncc1/C=C\C.CC. The van der Waals surface area contributed by atoms with Gasteiger partial charge in [0.05, 0.1) is 0 Å². The molecule has 1 aromatic rings. The average Bonchev–Trinajstić information content (AvgIpc) is 2.22. The number of rotatable bonds is 2. The Kier molecular flexibility index (Phi) is 6.52. The van der Waals surface area contributed by atoms with E-state index < -0.39 is 0 Å². The van der Waals surface area contributed by atoms with Gasteiger partial charge in [-0.2, -0.15) is 0 Å². The first-order chi connectivity index (χ1) is 6.38. The van der Waals surface area contributed by atoms with Crippen LogP contribution in [0.3, 0.4) is 0 Å². The van der Waals surface area contributed by atoms with Crippen LogP contribution < -0.4 is 0 Å². The number of aromatic nitrogens is 1. The van der Waals surface area contributed by atoms with Crippen molar-refractivity contribution in [3.63, 3.8) is 0 Å². The van der Waals surface area contributed by atoms with Crippen LogP contribution in [-0.4, -0.2) is 4.98 Å². The van der Waals surface area contributed by atoms with E-state index in [0.717, 1.165) is 11.1 Å². The van der Waals surface area contributed by atoms with Crippen molar-refractivity contribution in [1.29, 1.82) is 0 Å². The van der Waals surface area contributed by atoms with E-state index in [1.807, 2.05) is 51.3 Å². The van der Waals surface area contributed by atoms with Crippen LogP contribution in [0.25, 0.3) is 12.2 Å². The highest BCUT2D eigenvalue weighted by molar-refractivity contribution is 5.62. The summed E-state index contributed by atoms with van der Waals surface area (Å²) >= 11 is 0. The molecule has 0 saturated heterocycles. The third-order valence-electron chi connectivity index (χ3n) is 1.45. The van der Waals surface area contributed by atoms with Crippen LogP contribution in [0.1, 0.15) is 31.9 Å². The van der Waals surface area contributed by atoms with Crippen molar-refractivity contribution in [2.45, 2.75) is 20.8 Å². The Bertz CT molecular complexity index is 274. The summed E-state index contributed by atoms with van der Waals surface area (Å²) in [5.41, 5.74) is 2.24. The molecule has 1 nitrogen and oxygen atoms in total. The second kappa shape index (κ2) is 7.29. The number of hydrogen-bond donors (Lipinski definition) is 0. The lowest BCUT2D eigenvalue weighted by molar-refractivity contribution is 1.31. The monoisotopic (exact) mass is 175 g/mol. The molecule has 0 bridgehead atoms. The van der Waals surface area contributed by atoms with Gasteiger partial charge < -0.3 is 0 Å². The third kappa shape index (κ3) is 3.70. The van der Waals surface area contributed by atoms with Crippen LogP contribution in [0.2, 0.25) is 0 Å². The highest BCUT2D eigenvalue weighted by Gasteiger charge is 1.91. The highest BCUT2D eigenvalue weighted by atomic mass is 14.6. The molecule has 0 aliphatic heterocycles. The predicted octanol–water partition coefficient (Wildman–Crippen LogP) is 3.78. The lowest BCUT2D eigenvalue weighted by atomic mass is 10.1. The molecule has 0 aliphatic carbocycles. The Hall–Kier alpha value is -1.37. The summed E-state index contributed by atoms with van der Waals surface area (Å²) in [4.78, 5) is 4.01. The molecule has 0 amide bonds. The summed E-state index contributed by atoms with van der Waals surface area (Å²) in [7, 11) is 0. The molecule has 1 rings (SSSR count). The molecule has 1 aromatic heterocycles. The maximum absolute atomic E-state index is 4.01. The third-order valence-corrected chi connectivity index (χ3v) is 1.45. The standard InChI is InChI=1S/C10H11N.C2H6/c1-3-5-10-8-11-7-6-9(10)4-2;1-2/h3-8H,2H2,1H3;1-2H3/b5-3-;. The maximum Gasteiger partial charge on any atom is 0.0346 e. The first-order valence-electron chi connectivity index (χ1n) is 4.57. The van der Waals surface area contributed by atoms with Gasteiger partial charge in [0.2, 0.25) is 0 Å². The van der Waals surface area contributed by atoms with E-state index in [0.29, 0.717) is 0 Å². The van der Waals surface area contributed by atoms with Crippen molar-refractivity contribution in [3.05, 3.63) is 42.2 Å². The molecule has 0 fully saturated rings. The predicted molar refractivity (Wildman–Crippen MR) is 60.4 cm³/mol. The number of pyridine rings is 1. The van der Waals surface area contributed by atoms with Crippen molar-refractivity contribution in [2.75, 3.05) is 0 Å². The Morgan fingerprint density at radius 3 is 2.54 bits per heavy atom. The number of nitrogens with zero attached hydrogens (tertiary/aromatic N) is 1. The van der Waals surface area contributed by atoms with E-state index in [1.165, 1.54) is 0 Å². The summed E-state index contributed by atoms with van der Waals surface area (Å²) in [6, 6.07) is 1.95. The van der Waals surface area contributed by atoms with Crippen molar-refractivity contribution in [3.8, 4) is 0 Å². The molecule has 70 valence electrons. The van der Waals surface area contributed by atoms with Crippen LogP contribution in [-0.2, 0) is 0 Å². The zero-order valence-corrected chi connectivity index (χ0v) is 8.62. The van der Waals surface area contributed by atoms with Gasteiger partial charge in [-0.1, -0.05) is 38.7 Å². The van der Waals surface area contributed by atoms with Gasteiger partial charge in [0.15, 0.2) is 0 Å². The van der Waals surface area contributed by atoms with E-state index in [2.05, 4.69) is 11.6 Å². The summed E-state index contributed by atoms with van der Waals surface area (Å²) < 4.78 is 0. The number of allylic oxidation sites excluding steroid dienone is 1. The molecule has 0 spiro atoms. The van der Waals surface area contributed by atoms with Crippen LogP contribution >= 0.6 is 0 Å². The summed E-state index contributed by atoms with van der Waals surface area (Å²) in [5.74, 6) is 0. The minimum absolute atomic E-state index is 1.12. The summed E-state index contributed by atoms with van der Waals surface area (Å²) in [5, 5.41) is 0. The second-order valence-electron chi connectivity index (χ2n) is 2.21. The lowest BCUT2D eigenvalue weighted by Crippen LogP contribution is -1.80. The zero-order chi connectivity index (χ0) is 10.1. The summed E-state index contributed by atoms with van der Waals surface area (Å²) in [6.45, 7) is 9.70. The first kappa shape index (κ1) is 11.6. The second-order valence-corrected chi connectivity index (χ2v) is 2.21. The largest absolute Gasteiger partial charge is 0.264 e. The Labute approximate surface area is 80.8 Å². The minimum Gasteiger partial charge on any atom is -0.264 e. The highest BCUT2D eigenvalue weighted by Crippen LogP contribution is 2.09. The smallest absolute Gasteiger partial charge is 0.0346 e. The fraction of sp³-hybridized carbons (Fsp3) is 0.250. The molecule has 0 unspecified atom stereocenters. The van der Waals surface area contributed by atoms with E-state index in [4.69, 9.17) is 0 Å². The van der Waals surface area contributed by atoms with Gasteiger partial charge in [-0.05, 0) is 24.1 Å². The molecular weight excluding hydrogens is 158 g/mol. The molecular formula is C12H17N. The molecule has 0 atom stereocenters. The fourth-order valence-electron chi connectivity index (χ4n) is 0.922. The molecule has 0 aromatic carbocycles. The van der Waals surface area contributed by atoms with E-state index >= 15 is 0 Å². The van der Waals surface area contributed by atoms with Crippen molar-refractivity contribution < 1.29 is 0 Å². The van der Waals surface area contributed by atoms with Crippen LogP contribution in [0.5, 0.6) is 0 Å². The van der Waals surface area contributed by atoms with Gasteiger partial charge in [-0.15, -0.1) is 0 Å². The Morgan fingerprint density at radius 2 is 2.00 bits per heavy atom. The van der Waals surface area contributed by atoms with Crippen LogP contribution in [0, 0.1) is 0 Å². The summed E-state index contributed by atoms with van der Waals surface area (Å²) in [6.07, 6.45) is 9.44. The van der Waals surface area contributed by atoms with Crippen molar-refractivity contribution in [1.82, 2.24) is 4.98 Å². The molecule has 0 saturated carbocycles. The molecule has 13 heavy (non-hydrogen) atoms. The van der Waals surface area contributed by atoms with Crippen LogP contribution in [0.15, 0.2) is 31.1 Å². The van der Waals surface area contributed by atoms with Gasteiger partial charge in [0.25, 0.3) is 0 Å².